The molecule has 0 fully saturated rings. The molecule has 1 amide bonds. The quantitative estimate of drug-likeness (QED) is 0.651. The van der Waals surface area contributed by atoms with E-state index in [4.69, 9.17) is 4.42 Å². The van der Waals surface area contributed by atoms with Gasteiger partial charge in [0.2, 0.25) is 0 Å². The molecule has 110 valence electrons. The lowest BCUT2D eigenvalue weighted by atomic mass is 10.1. The van der Waals surface area contributed by atoms with Crippen molar-refractivity contribution in [3.63, 3.8) is 0 Å². The average molecular weight is 289 g/mol. The Morgan fingerprint density at radius 2 is 2.14 bits per heavy atom. The zero-order valence-corrected chi connectivity index (χ0v) is 11.6. The molecule has 0 saturated heterocycles. The van der Waals surface area contributed by atoms with E-state index < -0.39 is 10.8 Å². The van der Waals surface area contributed by atoms with Crippen molar-refractivity contribution in [2.24, 2.45) is 0 Å². The number of nitrogens with zero attached hydrogens (tertiary/aromatic N) is 1. The molecule has 0 bridgehead atoms. The number of hydrogen-bond donors (Lipinski definition) is 2. The molecule has 0 aliphatic heterocycles. The maximum Gasteiger partial charge on any atom is 0.293 e. The summed E-state index contributed by atoms with van der Waals surface area (Å²) in [7, 11) is 1.58. The topological polar surface area (TPSA) is 97.4 Å². The Hall–Kier alpha value is -2.83. The van der Waals surface area contributed by atoms with Crippen LogP contribution in [0, 0.1) is 10.1 Å². The summed E-state index contributed by atoms with van der Waals surface area (Å²) in [6.07, 6.45) is 1.52. The summed E-state index contributed by atoms with van der Waals surface area (Å²) in [5, 5.41) is 16.4. The Kier molecular flexibility index (Phi) is 4.22. The molecule has 1 unspecified atom stereocenters. The molecule has 1 aromatic carbocycles. The van der Waals surface area contributed by atoms with Gasteiger partial charge in [-0.05, 0) is 31.2 Å². The lowest BCUT2D eigenvalue weighted by molar-refractivity contribution is -0.384. The summed E-state index contributed by atoms with van der Waals surface area (Å²) in [5.74, 6) is 0.217. The van der Waals surface area contributed by atoms with Crippen molar-refractivity contribution in [3.05, 3.63) is 58.0 Å². The minimum atomic E-state index is -0.529. The van der Waals surface area contributed by atoms with Gasteiger partial charge >= 0.3 is 0 Å². The van der Waals surface area contributed by atoms with Gasteiger partial charge in [0.25, 0.3) is 11.6 Å². The van der Waals surface area contributed by atoms with Gasteiger partial charge in [-0.25, -0.2) is 0 Å². The summed E-state index contributed by atoms with van der Waals surface area (Å²) in [6, 6.07) is 7.43. The highest BCUT2D eigenvalue weighted by Gasteiger charge is 2.18. The SMILES string of the molecule is CNc1ccc(C(=O)NC(C)c2ccco2)cc1[N+](=O)[O-]. The number of rotatable bonds is 5. The molecule has 2 rings (SSSR count). The largest absolute Gasteiger partial charge is 0.467 e. The van der Waals surface area contributed by atoms with Gasteiger partial charge in [0.1, 0.15) is 11.4 Å². The lowest BCUT2D eigenvalue weighted by Crippen LogP contribution is -2.26. The second-order valence-electron chi connectivity index (χ2n) is 4.45. The molecule has 1 atom stereocenters. The number of amides is 1. The smallest absolute Gasteiger partial charge is 0.293 e. The zero-order valence-electron chi connectivity index (χ0n) is 11.6. The normalized spacial score (nSPS) is 11.7. The molecule has 0 radical (unpaired) electrons. The van der Waals surface area contributed by atoms with Gasteiger partial charge in [0.15, 0.2) is 0 Å². The monoisotopic (exact) mass is 289 g/mol. The predicted molar refractivity (Wildman–Crippen MR) is 77.2 cm³/mol. The summed E-state index contributed by atoms with van der Waals surface area (Å²) in [4.78, 5) is 22.6. The number of carbonyl (C=O) groups excluding carboxylic acids is 1. The number of nitrogens with one attached hydrogen (secondary N) is 2. The molecule has 7 heteroatoms. The minimum absolute atomic E-state index is 0.143. The summed E-state index contributed by atoms with van der Waals surface area (Å²) >= 11 is 0. The van der Waals surface area contributed by atoms with E-state index >= 15 is 0 Å². The minimum Gasteiger partial charge on any atom is -0.467 e. The molecule has 0 aliphatic rings. The third-order valence-corrected chi connectivity index (χ3v) is 3.04. The molecule has 0 aliphatic carbocycles. The zero-order chi connectivity index (χ0) is 15.4. The van der Waals surface area contributed by atoms with E-state index in [1.165, 1.54) is 24.5 Å². The fraction of sp³-hybridized carbons (Fsp3) is 0.214. The second-order valence-corrected chi connectivity index (χ2v) is 4.45. The number of furan rings is 1. The summed E-state index contributed by atoms with van der Waals surface area (Å²) in [6.45, 7) is 1.77. The van der Waals surface area contributed by atoms with Crippen molar-refractivity contribution in [1.82, 2.24) is 5.32 Å². The number of hydrogen-bond acceptors (Lipinski definition) is 5. The Bertz CT molecular complexity index is 652. The van der Waals surface area contributed by atoms with Crippen molar-refractivity contribution in [3.8, 4) is 0 Å². The average Bonchev–Trinajstić information content (AvgIpc) is 3.00. The van der Waals surface area contributed by atoms with Crippen LogP contribution in [-0.4, -0.2) is 17.9 Å². The van der Waals surface area contributed by atoms with Crippen LogP contribution >= 0.6 is 0 Å². The predicted octanol–water partition coefficient (Wildman–Crippen LogP) is 2.72. The van der Waals surface area contributed by atoms with Crippen LogP contribution in [0.2, 0.25) is 0 Å². The van der Waals surface area contributed by atoms with Crippen LogP contribution in [0.15, 0.2) is 41.0 Å². The maximum absolute atomic E-state index is 12.1. The van der Waals surface area contributed by atoms with Crippen LogP contribution in [-0.2, 0) is 0 Å². The van der Waals surface area contributed by atoms with Gasteiger partial charge in [-0.2, -0.15) is 0 Å². The van der Waals surface area contributed by atoms with Gasteiger partial charge < -0.3 is 15.1 Å². The highest BCUT2D eigenvalue weighted by atomic mass is 16.6. The van der Waals surface area contributed by atoms with Crippen LogP contribution < -0.4 is 10.6 Å². The number of nitro groups is 1. The van der Waals surface area contributed by atoms with Crippen molar-refractivity contribution in [1.29, 1.82) is 0 Å². The maximum atomic E-state index is 12.1. The van der Waals surface area contributed by atoms with Crippen molar-refractivity contribution in [2.75, 3.05) is 12.4 Å². The van der Waals surface area contributed by atoms with Gasteiger partial charge in [-0.15, -0.1) is 0 Å². The Labute approximate surface area is 121 Å². The molecule has 0 spiro atoms. The van der Waals surface area contributed by atoms with E-state index in [9.17, 15) is 14.9 Å². The third kappa shape index (κ3) is 3.19. The first-order valence-corrected chi connectivity index (χ1v) is 6.33. The van der Waals surface area contributed by atoms with Crippen molar-refractivity contribution < 1.29 is 14.1 Å². The van der Waals surface area contributed by atoms with E-state index in [0.717, 1.165) is 0 Å². The lowest BCUT2D eigenvalue weighted by Gasteiger charge is -2.12. The first kappa shape index (κ1) is 14.6. The second kappa shape index (κ2) is 6.08. The van der Waals surface area contributed by atoms with Gasteiger partial charge in [0, 0.05) is 18.7 Å². The molecule has 7 nitrogen and oxygen atoms in total. The number of nitro benzene ring substituents is 1. The highest BCUT2D eigenvalue weighted by molar-refractivity contribution is 5.95. The molecule has 1 aromatic heterocycles. The number of anilines is 1. The van der Waals surface area contributed by atoms with Gasteiger partial charge in [0.05, 0.1) is 17.2 Å². The van der Waals surface area contributed by atoms with Crippen LogP contribution in [0.5, 0.6) is 0 Å². The summed E-state index contributed by atoms with van der Waals surface area (Å²) in [5.41, 5.74) is 0.436. The van der Waals surface area contributed by atoms with Crippen LogP contribution in [0.3, 0.4) is 0 Å². The third-order valence-electron chi connectivity index (χ3n) is 3.04. The van der Waals surface area contributed by atoms with E-state index in [2.05, 4.69) is 10.6 Å². The molecule has 21 heavy (non-hydrogen) atoms. The molecular weight excluding hydrogens is 274 g/mol. The summed E-state index contributed by atoms with van der Waals surface area (Å²) < 4.78 is 5.20. The number of benzene rings is 1. The van der Waals surface area contributed by atoms with E-state index in [0.29, 0.717) is 11.4 Å². The molecule has 2 N–H and O–H groups in total. The molecule has 1 heterocycles. The number of carbonyl (C=O) groups is 1. The van der Waals surface area contributed by atoms with Crippen LogP contribution in [0.4, 0.5) is 11.4 Å². The Morgan fingerprint density at radius 1 is 1.38 bits per heavy atom. The van der Waals surface area contributed by atoms with Gasteiger partial charge in [-0.1, -0.05) is 0 Å². The fourth-order valence-corrected chi connectivity index (χ4v) is 1.92. The standard InChI is InChI=1S/C14H15N3O4/c1-9(13-4-3-7-21-13)16-14(18)10-5-6-11(15-2)12(8-10)17(19)20/h3-9,15H,1-2H3,(H,16,18). The molecule has 2 aromatic rings. The van der Waals surface area contributed by atoms with E-state index in [1.54, 1.807) is 26.1 Å². The van der Waals surface area contributed by atoms with Crippen LogP contribution in [0.25, 0.3) is 0 Å². The van der Waals surface area contributed by atoms with Gasteiger partial charge in [-0.3, -0.25) is 14.9 Å². The Morgan fingerprint density at radius 3 is 2.71 bits per heavy atom. The first-order valence-electron chi connectivity index (χ1n) is 6.33. The fourth-order valence-electron chi connectivity index (χ4n) is 1.92. The van der Waals surface area contributed by atoms with Crippen LogP contribution in [0.1, 0.15) is 29.1 Å². The van der Waals surface area contributed by atoms with E-state index in [1.807, 2.05) is 0 Å². The first-order chi connectivity index (χ1) is 10.0. The molecular formula is C14H15N3O4. The van der Waals surface area contributed by atoms with Crippen molar-refractivity contribution in [2.45, 2.75) is 13.0 Å². The molecule has 0 saturated carbocycles. The van der Waals surface area contributed by atoms with Crippen molar-refractivity contribution >= 4 is 17.3 Å². The van der Waals surface area contributed by atoms with E-state index in [-0.39, 0.29) is 17.3 Å². The highest BCUT2D eigenvalue weighted by Crippen LogP contribution is 2.25. The Balaban J connectivity index is 2.19.